The molecule has 0 spiro atoms. The summed E-state index contributed by atoms with van der Waals surface area (Å²) < 4.78 is 0. The second-order valence-corrected chi connectivity index (χ2v) is 5.35. The van der Waals surface area contributed by atoms with Gasteiger partial charge in [-0.15, -0.1) is 0 Å². The number of carboxylic acid groups (broad SMARTS) is 1. The standard InChI is InChI=1S/C19H21NO3/c1-4-20(5-2)14-10-11-15(13(3)12-14)18(21)16-8-6-7-9-17(16)19(22)23/h6-12H,4-5H2,1-3H3,(H,22,23). The first-order chi connectivity index (χ1) is 11.0. The van der Waals surface area contributed by atoms with Gasteiger partial charge in [-0.3, -0.25) is 4.79 Å². The smallest absolute Gasteiger partial charge is 0.336 e. The van der Waals surface area contributed by atoms with Crippen molar-refractivity contribution in [3.8, 4) is 0 Å². The maximum Gasteiger partial charge on any atom is 0.336 e. The van der Waals surface area contributed by atoms with Gasteiger partial charge in [-0.2, -0.15) is 0 Å². The first kappa shape index (κ1) is 16.7. The summed E-state index contributed by atoms with van der Waals surface area (Å²) in [7, 11) is 0. The van der Waals surface area contributed by atoms with Crippen molar-refractivity contribution in [2.45, 2.75) is 20.8 Å². The van der Waals surface area contributed by atoms with Crippen LogP contribution in [0.3, 0.4) is 0 Å². The second-order valence-electron chi connectivity index (χ2n) is 5.35. The van der Waals surface area contributed by atoms with Gasteiger partial charge in [-0.25, -0.2) is 4.79 Å². The monoisotopic (exact) mass is 311 g/mol. The summed E-state index contributed by atoms with van der Waals surface area (Å²) in [6.45, 7) is 7.84. The van der Waals surface area contributed by atoms with Gasteiger partial charge in [-0.05, 0) is 50.6 Å². The second kappa shape index (κ2) is 7.09. The molecule has 2 aromatic carbocycles. The topological polar surface area (TPSA) is 57.6 Å². The summed E-state index contributed by atoms with van der Waals surface area (Å²) in [5.41, 5.74) is 2.70. The normalized spacial score (nSPS) is 10.4. The molecule has 0 unspecified atom stereocenters. The zero-order valence-corrected chi connectivity index (χ0v) is 13.7. The lowest BCUT2D eigenvalue weighted by Gasteiger charge is -2.22. The fraction of sp³-hybridized carbons (Fsp3) is 0.263. The zero-order valence-electron chi connectivity index (χ0n) is 13.7. The molecule has 0 saturated carbocycles. The van der Waals surface area contributed by atoms with Gasteiger partial charge in [0.25, 0.3) is 0 Å². The van der Waals surface area contributed by atoms with Crippen LogP contribution in [0.2, 0.25) is 0 Å². The van der Waals surface area contributed by atoms with Crippen molar-refractivity contribution in [2.24, 2.45) is 0 Å². The summed E-state index contributed by atoms with van der Waals surface area (Å²) in [5, 5.41) is 9.25. The molecule has 2 aromatic rings. The summed E-state index contributed by atoms with van der Waals surface area (Å²) in [4.78, 5) is 26.2. The lowest BCUT2D eigenvalue weighted by molar-refractivity contribution is 0.0693. The number of carbonyl (C=O) groups is 2. The molecule has 0 aliphatic carbocycles. The third kappa shape index (κ3) is 3.42. The average Bonchev–Trinajstić information content (AvgIpc) is 2.55. The van der Waals surface area contributed by atoms with E-state index in [0.717, 1.165) is 24.3 Å². The van der Waals surface area contributed by atoms with Gasteiger partial charge in [0.15, 0.2) is 5.78 Å². The van der Waals surface area contributed by atoms with E-state index in [1.807, 2.05) is 19.1 Å². The Morgan fingerprint density at radius 1 is 0.957 bits per heavy atom. The van der Waals surface area contributed by atoms with Crippen LogP contribution in [0.15, 0.2) is 42.5 Å². The third-order valence-electron chi connectivity index (χ3n) is 3.99. The van der Waals surface area contributed by atoms with Crippen LogP contribution in [0, 0.1) is 6.92 Å². The minimum absolute atomic E-state index is 0.0321. The number of aromatic carboxylic acids is 1. The number of carboxylic acids is 1. The largest absolute Gasteiger partial charge is 0.478 e. The number of hydrogen-bond acceptors (Lipinski definition) is 3. The van der Waals surface area contributed by atoms with Crippen molar-refractivity contribution in [3.63, 3.8) is 0 Å². The van der Waals surface area contributed by atoms with Gasteiger partial charge in [-0.1, -0.05) is 18.2 Å². The highest BCUT2D eigenvalue weighted by Crippen LogP contribution is 2.22. The van der Waals surface area contributed by atoms with Crippen molar-refractivity contribution in [3.05, 3.63) is 64.7 Å². The molecule has 0 fully saturated rings. The van der Waals surface area contributed by atoms with Gasteiger partial charge in [0, 0.05) is 29.9 Å². The Morgan fingerprint density at radius 3 is 2.09 bits per heavy atom. The Balaban J connectivity index is 2.43. The SMILES string of the molecule is CCN(CC)c1ccc(C(=O)c2ccccc2C(=O)O)c(C)c1. The molecule has 0 bridgehead atoms. The predicted molar refractivity (Wildman–Crippen MR) is 91.6 cm³/mol. The first-order valence-electron chi connectivity index (χ1n) is 7.72. The third-order valence-corrected chi connectivity index (χ3v) is 3.99. The number of rotatable bonds is 6. The molecule has 2 rings (SSSR count). The molecule has 4 nitrogen and oxygen atoms in total. The van der Waals surface area contributed by atoms with Crippen molar-refractivity contribution in [1.29, 1.82) is 0 Å². The number of anilines is 1. The highest BCUT2D eigenvalue weighted by atomic mass is 16.4. The Labute approximate surface area is 136 Å². The molecule has 0 aliphatic rings. The van der Waals surface area contributed by atoms with Crippen LogP contribution in [0.5, 0.6) is 0 Å². The lowest BCUT2D eigenvalue weighted by Crippen LogP contribution is -2.22. The van der Waals surface area contributed by atoms with E-state index in [9.17, 15) is 14.7 Å². The molecule has 0 amide bonds. The molecule has 0 heterocycles. The quantitative estimate of drug-likeness (QED) is 0.825. The number of aryl methyl sites for hydroxylation is 1. The average molecular weight is 311 g/mol. The van der Waals surface area contributed by atoms with Crippen molar-refractivity contribution in [2.75, 3.05) is 18.0 Å². The number of nitrogens with zero attached hydrogens (tertiary/aromatic N) is 1. The summed E-state index contributed by atoms with van der Waals surface area (Å²) in [6, 6.07) is 12.0. The first-order valence-corrected chi connectivity index (χ1v) is 7.72. The summed E-state index contributed by atoms with van der Waals surface area (Å²) in [5.74, 6) is -1.35. The number of carbonyl (C=O) groups excluding carboxylic acids is 1. The minimum atomic E-state index is -1.09. The summed E-state index contributed by atoms with van der Waals surface area (Å²) >= 11 is 0. The van der Waals surface area contributed by atoms with Gasteiger partial charge in [0.05, 0.1) is 5.56 Å². The van der Waals surface area contributed by atoms with Gasteiger partial charge in [0.2, 0.25) is 0 Å². The fourth-order valence-electron chi connectivity index (χ4n) is 2.70. The molecular formula is C19H21NO3. The highest BCUT2D eigenvalue weighted by Gasteiger charge is 2.19. The fourth-order valence-corrected chi connectivity index (χ4v) is 2.70. The molecule has 0 aliphatic heterocycles. The van der Waals surface area contributed by atoms with E-state index in [4.69, 9.17) is 0 Å². The van der Waals surface area contributed by atoms with E-state index >= 15 is 0 Å². The molecular weight excluding hydrogens is 290 g/mol. The maximum atomic E-state index is 12.7. The van der Waals surface area contributed by atoms with E-state index in [1.54, 1.807) is 24.3 Å². The van der Waals surface area contributed by atoms with Crippen molar-refractivity contribution < 1.29 is 14.7 Å². The van der Waals surface area contributed by atoms with Crippen LogP contribution in [0.25, 0.3) is 0 Å². The van der Waals surface area contributed by atoms with E-state index in [0.29, 0.717) is 5.56 Å². The van der Waals surface area contributed by atoms with Crippen LogP contribution in [0.1, 0.15) is 45.7 Å². The van der Waals surface area contributed by atoms with Gasteiger partial charge < -0.3 is 10.0 Å². The van der Waals surface area contributed by atoms with Crippen molar-refractivity contribution in [1.82, 2.24) is 0 Å². The number of hydrogen-bond donors (Lipinski definition) is 1. The van der Waals surface area contributed by atoms with E-state index in [1.165, 1.54) is 6.07 Å². The highest BCUT2D eigenvalue weighted by molar-refractivity contribution is 6.15. The molecule has 23 heavy (non-hydrogen) atoms. The molecule has 1 N–H and O–H groups in total. The van der Waals surface area contributed by atoms with E-state index < -0.39 is 5.97 Å². The molecule has 0 aromatic heterocycles. The molecule has 0 atom stereocenters. The Morgan fingerprint density at radius 2 is 1.57 bits per heavy atom. The lowest BCUT2D eigenvalue weighted by atomic mass is 9.95. The Hall–Kier alpha value is -2.62. The van der Waals surface area contributed by atoms with Crippen LogP contribution in [-0.2, 0) is 0 Å². The maximum absolute atomic E-state index is 12.7. The molecule has 4 heteroatoms. The zero-order chi connectivity index (χ0) is 17.0. The van der Waals surface area contributed by atoms with Crippen LogP contribution >= 0.6 is 0 Å². The van der Waals surface area contributed by atoms with E-state index in [2.05, 4.69) is 18.7 Å². The number of ketones is 1. The van der Waals surface area contributed by atoms with Gasteiger partial charge in [0.1, 0.15) is 0 Å². The van der Waals surface area contributed by atoms with Crippen molar-refractivity contribution >= 4 is 17.4 Å². The molecule has 0 radical (unpaired) electrons. The van der Waals surface area contributed by atoms with Crippen LogP contribution < -0.4 is 4.90 Å². The van der Waals surface area contributed by atoms with Crippen LogP contribution in [0.4, 0.5) is 5.69 Å². The number of benzene rings is 2. The Kier molecular flexibility index (Phi) is 5.16. The molecule has 0 saturated heterocycles. The predicted octanol–water partition coefficient (Wildman–Crippen LogP) is 3.77. The molecule has 120 valence electrons. The summed E-state index contributed by atoms with van der Waals surface area (Å²) in [6.07, 6.45) is 0. The van der Waals surface area contributed by atoms with Crippen LogP contribution in [-0.4, -0.2) is 29.9 Å². The minimum Gasteiger partial charge on any atom is -0.478 e. The van der Waals surface area contributed by atoms with E-state index in [-0.39, 0.29) is 16.9 Å². The van der Waals surface area contributed by atoms with Gasteiger partial charge >= 0.3 is 5.97 Å². The Bertz CT molecular complexity index is 733.